The van der Waals surface area contributed by atoms with Crippen LogP contribution in [0.1, 0.15) is 24.8 Å². The predicted octanol–water partition coefficient (Wildman–Crippen LogP) is 7.17. The summed E-state index contributed by atoms with van der Waals surface area (Å²) in [5.74, 6) is 1.81. The molecule has 3 heterocycles. The van der Waals surface area contributed by atoms with Crippen LogP contribution in [0.2, 0.25) is 0 Å². The number of nitro groups is 1. The second kappa shape index (κ2) is 13.0. The Labute approximate surface area is 257 Å². The van der Waals surface area contributed by atoms with E-state index in [0.29, 0.717) is 37.0 Å². The Balaban J connectivity index is 0.925. The summed E-state index contributed by atoms with van der Waals surface area (Å²) in [5, 5.41) is 11.0. The van der Waals surface area contributed by atoms with Gasteiger partial charge in [-0.1, -0.05) is 12.1 Å². The minimum absolute atomic E-state index is 0.221. The van der Waals surface area contributed by atoms with Gasteiger partial charge in [-0.25, -0.2) is 0 Å². The SMILES string of the molecule is O=[N+]([O-])c1cn2c(n1)O[C@@H](COc1ccc(N3CCC(Cc4ccc(Oc5ccc(OC(F)(F)F)cc5)cc4)CC3)cc1)CC2. The van der Waals surface area contributed by atoms with Crippen LogP contribution in [0.3, 0.4) is 0 Å². The fourth-order valence-electron chi connectivity index (χ4n) is 5.55. The summed E-state index contributed by atoms with van der Waals surface area (Å²) < 4.78 is 60.1. The van der Waals surface area contributed by atoms with Crippen LogP contribution in [0.4, 0.5) is 24.7 Å². The van der Waals surface area contributed by atoms with Gasteiger partial charge in [-0.15, -0.1) is 13.2 Å². The van der Waals surface area contributed by atoms with Crippen LogP contribution in [-0.4, -0.2) is 46.6 Å². The zero-order chi connectivity index (χ0) is 31.4. The van der Waals surface area contributed by atoms with Crippen molar-refractivity contribution in [3.8, 4) is 29.0 Å². The zero-order valence-corrected chi connectivity index (χ0v) is 24.2. The molecule has 0 bridgehead atoms. The van der Waals surface area contributed by atoms with E-state index in [1.54, 1.807) is 4.57 Å². The van der Waals surface area contributed by atoms with Gasteiger partial charge in [0.2, 0.25) is 0 Å². The van der Waals surface area contributed by atoms with E-state index >= 15 is 0 Å². The number of anilines is 1. The van der Waals surface area contributed by atoms with Crippen molar-refractivity contribution in [2.45, 2.75) is 44.7 Å². The van der Waals surface area contributed by atoms with E-state index in [9.17, 15) is 23.3 Å². The van der Waals surface area contributed by atoms with Crippen LogP contribution < -0.4 is 23.8 Å². The number of piperidine rings is 1. The molecule has 2 aliphatic rings. The summed E-state index contributed by atoms with van der Waals surface area (Å²) in [4.78, 5) is 16.7. The van der Waals surface area contributed by atoms with E-state index in [2.05, 4.69) is 26.8 Å². The van der Waals surface area contributed by atoms with Crippen molar-refractivity contribution in [3.05, 3.63) is 94.7 Å². The lowest BCUT2D eigenvalue weighted by molar-refractivity contribution is -0.389. The average molecular weight is 625 g/mol. The second-order valence-corrected chi connectivity index (χ2v) is 11.1. The molecule has 2 aliphatic heterocycles. The number of rotatable bonds is 10. The number of halogens is 3. The summed E-state index contributed by atoms with van der Waals surface area (Å²) in [6.07, 6.45) is 0.190. The van der Waals surface area contributed by atoms with Gasteiger partial charge in [0.05, 0.1) is 0 Å². The molecule has 13 heteroatoms. The number of aryl methyl sites for hydroxylation is 1. The quantitative estimate of drug-likeness (QED) is 0.135. The molecule has 10 nitrogen and oxygen atoms in total. The largest absolute Gasteiger partial charge is 0.573 e. The number of alkyl halides is 3. The molecule has 236 valence electrons. The van der Waals surface area contributed by atoms with Gasteiger partial charge in [0.25, 0.3) is 0 Å². The molecule has 3 aromatic carbocycles. The maximum atomic E-state index is 12.3. The van der Waals surface area contributed by atoms with Gasteiger partial charge in [-0.05, 0) is 96.3 Å². The van der Waals surface area contributed by atoms with Gasteiger partial charge >= 0.3 is 18.2 Å². The lowest BCUT2D eigenvalue weighted by atomic mass is 9.90. The molecule has 6 rings (SSSR count). The van der Waals surface area contributed by atoms with Crippen molar-refractivity contribution in [2.75, 3.05) is 24.6 Å². The Kier molecular flexibility index (Phi) is 8.67. The van der Waals surface area contributed by atoms with Gasteiger partial charge < -0.3 is 34.0 Å². The highest BCUT2D eigenvalue weighted by Gasteiger charge is 2.31. The van der Waals surface area contributed by atoms with E-state index in [0.717, 1.165) is 43.8 Å². The fourth-order valence-corrected chi connectivity index (χ4v) is 5.55. The standard InChI is InChI=1S/C32H31F3N4O6/c33-32(34,35)45-28-11-9-27(10-12-28)43-26-5-1-22(2-6-26)19-23-13-16-37(17-14-23)24-3-7-25(8-4-24)42-21-29-15-18-38-20-30(39(40)41)36-31(38)44-29/h1-12,20,23,29H,13-19,21H2/t29-/m1/s1. The van der Waals surface area contributed by atoms with Crippen molar-refractivity contribution < 1.29 is 37.0 Å². The number of hydrogen-bond donors (Lipinski definition) is 0. The molecular weight excluding hydrogens is 593 g/mol. The molecular formula is C32H31F3N4O6. The lowest BCUT2D eigenvalue weighted by Gasteiger charge is -2.34. The third kappa shape index (κ3) is 7.97. The molecule has 1 fully saturated rings. The smallest absolute Gasteiger partial charge is 0.490 e. The van der Waals surface area contributed by atoms with Crippen molar-refractivity contribution in [2.24, 2.45) is 5.92 Å². The van der Waals surface area contributed by atoms with E-state index < -0.39 is 11.3 Å². The van der Waals surface area contributed by atoms with Crippen LogP contribution in [0.5, 0.6) is 29.0 Å². The predicted molar refractivity (Wildman–Crippen MR) is 158 cm³/mol. The van der Waals surface area contributed by atoms with Crippen molar-refractivity contribution >= 4 is 11.5 Å². The summed E-state index contributed by atoms with van der Waals surface area (Å²) in [6, 6.07) is 21.4. The summed E-state index contributed by atoms with van der Waals surface area (Å²) in [5.41, 5.74) is 2.35. The number of benzene rings is 3. The van der Waals surface area contributed by atoms with E-state index in [-0.39, 0.29) is 23.7 Å². The highest BCUT2D eigenvalue weighted by Crippen LogP contribution is 2.30. The minimum Gasteiger partial charge on any atom is -0.490 e. The Bertz CT molecular complexity index is 1590. The molecule has 1 atom stereocenters. The number of ether oxygens (including phenoxy) is 4. The topological polar surface area (TPSA) is 101 Å². The molecule has 45 heavy (non-hydrogen) atoms. The molecule has 0 amide bonds. The molecule has 0 unspecified atom stereocenters. The number of hydrogen-bond acceptors (Lipinski definition) is 8. The third-order valence-corrected chi connectivity index (χ3v) is 7.87. The normalized spacial score (nSPS) is 16.9. The molecule has 4 aromatic rings. The first kappa shape index (κ1) is 30.1. The van der Waals surface area contributed by atoms with Gasteiger partial charge in [0.15, 0.2) is 0 Å². The van der Waals surface area contributed by atoms with E-state index in [1.807, 2.05) is 36.4 Å². The van der Waals surface area contributed by atoms with Crippen LogP contribution in [0, 0.1) is 16.0 Å². The molecule has 0 aliphatic carbocycles. The molecule has 0 N–H and O–H groups in total. The first-order valence-electron chi connectivity index (χ1n) is 14.7. The summed E-state index contributed by atoms with van der Waals surface area (Å²) in [7, 11) is 0. The average Bonchev–Trinajstić information content (AvgIpc) is 3.46. The Hall–Kier alpha value is -4.94. The number of imidazole rings is 1. The Morgan fingerprint density at radius 1 is 0.867 bits per heavy atom. The fraction of sp³-hybridized carbons (Fsp3) is 0.344. The lowest BCUT2D eigenvalue weighted by Crippen LogP contribution is -2.34. The third-order valence-electron chi connectivity index (χ3n) is 7.87. The Morgan fingerprint density at radius 2 is 1.49 bits per heavy atom. The first-order valence-corrected chi connectivity index (χ1v) is 14.7. The van der Waals surface area contributed by atoms with Crippen LogP contribution >= 0.6 is 0 Å². The Morgan fingerprint density at radius 3 is 2.13 bits per heavy atom. The number of fused-ring (bicyclic) bond motifs is 1. The minimum atomic E-state index is -4.73. The van der Waals surface area contributed by atoms with Gasteiger partial charge in [-0.2, -0.15) is 0 Å². The van der Waals surface area contributed by atoms with Crippen molar-refractivity contribution in [1.29, 1.82) is 0 Å². The van der Waals surface area contributed by atoms with Crippen molar-refractivity contribution in [1.82, 2.24) is 9.55 Å². The molecule has 0 saturated carbocycles. The molecule has 1 aromatic heterocycles. The summed E-state index contributed by atoms with van der Waals surface area (Å²) in [6.45, 7) is 2.82. The molecule has 0 spiro atoms. The van der Waals surface area contributed by atoms with Crippen LogP contribution in [0.25, 0.3) is 0 Å². The summed E-state index contributed by atoms with van der Waals surface area (Å²) >= 11 is 0. The van der Waals surface area contributed by atoms with E-state index in [4.69, 9.17) is 14.2 Å². The highest BCUT2D eigenvalue weighted by atomic mass is 19.4. The first-order chi connectivity index (χ1) is 21.7. The van der Waals surface area contributed by atoms with Crippen molar-refractivity contribution in [3.63, 3.8) is 0 Å². The van der Waals surface area contributed by atoms with Gasteiger partial charge in [0, 0.05) is 36.7 Å². The second-order valence-electron chi connectivity index (χ2n) is 11.1. The maximum Gasteiger partial charge on any atom is 0.573 e. The highest BCUT2D eigenvalue weighted by molar-refractivity contribution is 5.49. The monoisotopic (exact) mass is 624 g/mol. The number of aromatic nitrogens is 2. The molecule has 1 saturated heterocycles. The zero-order valence-electron chi connectivity index (χ0n) is 24.2. The van der Waals surface area contributed by atoms with E-state index in [1.165, 1.54) is 36.0 Å². The van der Waals surface area contributed by atoms with Crippen LogP contribution in [-0.2, 0) is 13.0 Å². The van der Waals surface area contributed by atoms with Gasteiger partial charge in [0.1, 0.15) is 41.9 Å². The van der Waals surface area contributed by atoms with Gasteiger partial charge in [-0.3, -0.25) is 4.57 Å². The molecule has 0 radical (unpaired) electrons. The van der Waals surface area contributed by atoms with Crippen LogP contribution in [0.15, 0.2) is 79.0 Å². The number of nitrogens with zero attached hydrogens (tertiary/aromatic N) is 4. The maximum absolute atomic E-state index is 12.3.